The molecule has 0 aromatic heterocycles. The van der Waals surface area contributed by atoms with Gasteiger partial charge >= 0.3 is 5.97 Å². The Hall–Kier alpha value is -1.92. The quantitative estimate of drug-likeness (QED) is 0.858. The molecular weight excluding hydrogens is 262 g/mol. The van der Waals surface area contributed by atoms with Crippen molar-refractivity contribution in [1.29, 1.82) is 0 Å². The van der Waals surface area contributed by atoms with E-state index in [2.05, 4.69) is 0 Å². The molecule has 20 heavy (non-hydrogen) atoms. The van der Waals surface area contributed by atoms with E-state index < -0.39 is 18.1 Å². The highest BCUT2D eigenvalue weighted by Gasteiger charge is 2.41. The van der Waals surface area contributed by atoms with Crippen LogP contribution in [-0.4, -0.2) is 54.9 Å². The number of aliphatic carboxylic acids is 1. The van der Waals surface area contributed by atoms with E-state index in [0.717, 1.165) is 5.56 Å². The van der Waals surface area contributed by atoms with E-state index in [1.807, 2.05) is 18.2 Å². The van der Waals surface area contributed by atoms with Gasteiger partial charge in [-0.25, -0.2) is 4.79 Å². The average Bonchev–Trinajstić information content (AvgIpc) is 2.46. The lowest BCUT2D eigenvalue weighted by Gasteiger charge is -2.39. The number of carbonyl (C=O) groups excluding carboxylic acids is 1. The van der Waals surface area contributed by atoms with E-state index in [1.54, 1.807) is 12.1 Å². The van der Waals surface area contributed by atoms with Crippen molar-refractivity contribution in [2.45, 2.75) is 12.1 Å². The first-order valence-corrected chi connectivity index (χ1v) is 6.33. The average molecular weight is 279 g/mol. The maximum atomic E-state index is 12.0. The van der Waals surface area contributed by atoms with Gasteiger partial charge in [0.1, 0.15) is 6.61 Å². The molecule has 1 aliphatic heterocycles. The maximum absolute atomic E-state index is 12.0. The molecule has 0 aliphatic carbocycles. The topological polar surface area (TPSA) is 76.1 Å². The summed E-state index contributed by atoms with van der Waals surface area (Å²) < 4.78 is 10.2. The molecule has 6 heteroatoms. The minimum atomic E-state index is -1.08. The number of benzene rings is 1. The van der Waals surface area contributed by atoms with Gasteiger partial charge in [0.25, 0.3) is 0 Å². The van der Waals surface area contributed by atoms with Crippen LogP contribution in [0.5, 0.6) is 0 Å². The predicted molar refractivity (Wildman–Crippen MR) is 70.1 cm³/mol. The summed E-state index contributed by atoms with van der Waals surface area (Å²) in [7, 11) is 1.54. The number of carboxylic acids is 1. The van der Waals surface area contributed by atoms with Crippen LogP contribution in [0.15, 0.2) is 30.3 Å². The van der Waals surface area contributed by atoms with E-state index >= 15 is 0 Å². The van der Waals surface area contributed by atoms with Crippen LogP contribution in [0.4, 0.5) is 0 Å². The normalized spacial score (nSPS) is 22.9. The molecule has 2 atom stereocenters. The zero-order valence-electron chi connectivity index (χ0n) is 11.2. The first-order valence-electron chi connectivity index (χ1n) is 6.33. The van der Waals surface area contributed by atoms with Crippen LogP contribution in [0.3, 0.4) is 0 Å². The standard InChI is InChI=1S/C14H17NO5/c1-19-8-7-15-11(16)9-20-13(14(17)18)12(15)10-5-3-2-4-6-10/h2-6,12-13H,7-9H2,1H3,(H,17,18)/t12-,13+/m1/s1. The fourth-order valence-corrected chi connectivity index (χ4v) is 2.32. The third-order valence-electron chi connectivity index (χ3n) is 3.25. The number of carbonyl (C=O) groups is 2. The fourth-order valence-electron chi connectivity index (χ4n) is 2.32. The van der Waals surface area contributed by atoms with Gasteiger partial charge in [-0.3, -0.25) is 4.79 Å². The molecule has 0 unspecified atom stereocenters. The van der Waals surface area contributed by atoms with Crippen molar-refractivity contribution in [1.82, 2.24) is 4.90 Å². The fraction of sp³-hybridized carbons (Fsp3) is 0.429. The Labute approximate surface area is 116 Å². The molecule has 1 fully saturated rings. The lowest BCUT2D eigenvalue weighted by molar-refractivity contribution is -0.173. The summed E-state index contributed by atoms with van der Waals surface area (Å²) >= 11 is 0. The van der Waals surface area contributed by atoms with Crippen LogP contribution in [0.25, 0.3) is 0 Å². The van der Waals surface area contributed by atoms with Crippen molar-refractivity contribution in [2.75, 3.05) is 26.9 Å². The van der Waals surface area contributed by atoms with E-state index in [4.69, 9.17) is 9.47 Å². The van der Waals surface area contributed by atoms with Crippen molar-refractivity contribution >= 4 is 11.9 Å². The molecule has 6 nitrogen and oxygen atoms in total. The molecule has 0 bridgehead atoms. The maximum Gasteiger partial charge on any atom is 0.335 e. The number of nitrogens with zero attached hydrogens (tertiary/aromatic N) is 1. The third-order valence-corrected chi connectivity index (χ3v) is 3.25. The van der Waals surface area contributed by atoms with Gasteiger partial charge in [0.15, 0.2) is 6.10 Å². The van der Waals surface area contributed by atoms with Crippen molar-refractivity contribution < 1.29 is 24.2 Å². The lowest BCUT2D eigenvalue weighted by atomic mass is 9.98. The number of hydrogen-bond acceptors (Lipinski definition) is 4. The molecule has 108 valence electrons. The lowest BCUT2D eigenvalue weighted by Crippen LogP contribution is -2.52. The molecule has 1 aromatic carbocycles. The Morgan fingerprint density at radius 3 is 2.75 bits per heavy atom. The zero-order valence-corrected chi connectivity index (χ0v) is 11.2. The Morgan fingerprint density at radius 2 is 2.15 bits per heavy atom. The van der Waals surface area contributed by atoms with Gasteiger partial charge in [-0.2, -0.15) is 0 Å². The van der Waals surface area contributed by atoms with E-state index in [0.29, 0.717) is 13.2 Å². The molecule has 2 rings (SSSR count). The summed E-state index contributed by atoms with van der Waals surface area (Å²) in [5.41, 5.74) is 0.740. The second-order valence-electron chi connectivity index (χ2n) is 4.51. The van der Waals surface area contributed by atoms with Crippen molar-refractivity contribution in [3.8, 4) is 0 Å². The summed E-state index contributed by atoms with van der Waals surface area (Å²) in [6.07, 6.45) is -1.06. The van der Waals surface area contributed by atoms with Crippen LogP contribution < -0.4 is 0 Å². The molecule has 1 aliphatic rings. The van der Waals surface area contributed by atoms with E-state index in [-0.39, 0.29) is 12.5 Å². The van der Waals surface area contributed by atoms with Crippen molar-refractivity contribution in [3.63, 3.8) is 0 Å². The van der Waals surface area contributed by atoms with Gasteiger partial charge in [0.05, 0.1) is 12.6 Å². The summed E-state index contributed by atoms with van der Waals surface area (Å²) in [6.45, 7) is 0.466. The first-order chi connectivity index (χ1) is 9.65. The van der Waals surface area contributed by atoms with Gasteiger partial charge in [0, 0.05) is 13.7 Å². The number of hydrogen-bond donors (Lipinski definition) is 1. The minimum Gasteiger partial charge on any atom is -0.479 e. The molecular formula is C14H17NO5. The monoisotopic (exact) mass is 279 g/mol. The van der Waals surface area contributed by atoms with Crippen molar-refractivity contribution in [2.24, 2.45) is 0 Å². The molecule has 0 radical (unpaired) electrons. The molecule has 1 amide bonds. The Balaban J connectivity index is 2.33. The summed E-state index contributed by atoms with van der Waals surface area (Å²) in [5, 5.41) is 9.31. The number of morpholine rings is 1. The molecule has 0 spiro atoms. The number of methoxy groups -OCH3 is 1. The van der Waals surface area contributed by atoms with E-state index in [1.165, 1.54) is 12.0 Å². The molecule has 1 heterocycles. The SMILES string of the molecule is COCCN1C(=O)CO[C@H](C(=O)O)[C@H]1c1ccccc1. The number of ether oxygens (including phenoxy) is 2. The van der Waals surface area contributed by atoms with Gasteiger partial charge in [-0.05, 0) is 5.56 Å². The number of carboxylic acid groups (broad SMARTS) is 1. The Kier molecular flexibility index (Phi) is 4.70. The molecule has 1 aromatic rings. The Morgan fingerprint density at radius 1 is 1.45 bits per heavy atom. The molecule has 0 saturated carbocycles. The highest BCUT2D eigenvalue weighted by atomic mass is 16.5. The van der Waals surface area contributed by atoms with Crippen LogP contribution in [-0.2, 0) is 19.1 Å². The molecule has 1 N–H and O–H groups in total. The third kappa shape index (κ3) is 2.97. The summed E-state index contributed by atoms with van der Waals surface area (Å²) in [6, 6.07) is 8.41. The smallest absolute Gasteiger partial charge is 0.335 e. The minimum absolute atomic E-state index is 0.218. The van der Waals surface area contributed by atoms with E-state index in [9.17, 15) is 14.7 Å². The first kappa shape index (κ1) is 14.5. The van der Waals surface area contributed by atoms with Gasteiger partial charge in [0.2, 0.25) is 5.91 Å². The zero-order chi connectivity index (χ0) is 14.5. The number of amides is 1. The second-order valence-corrected chi connectivity index (χ2v) is 4.51. The molecule has 1 saturated heterocycles. The van der Waals surface area contributed by atoms with Crippen LogP contribution in [0.2, 0.25) is 0 Å². The number of rotatable bonds is 5. The highest BCUT2D eigenvalue weighted by Crippen LogP contribution is 2.30. The van der Waals surface area contributed by atoms with Crippen LogP contribution >= 0.6 is 0 Å². The van der Waals surface area contributed by atoms with Gasteiger partial charge < -0.3 is 19.5 Å². The van der Waals surface area contributed by atoms with Crippen molar-refractivity contribution in [3.05, 3.63) is 35.9 Å². The van der Waals surface area contributed by atoms with Crippen LogP contribution in [0, 0.1) is 0 Å². The predicted octanol–water partition coefficient (Wildman–Crippen LogP) is 0.686. The summed E-state index contributed by atoms with van der Waals surface area (Å²) in [5.74, 6) is -1.30. The van der Waals surface area contributed by atoms with Crippen LogP contribution in [0.1, 0.15) is 11.6 Å². The highest BCUT2D eigenvalue weighted by molar-refractivity contribution is 5.83. The summed E-state index contributed by atoms with van der Waals surface area (Å²) in [4.78, 5) is 24.9. The largest absolute Gasteiger partial charge is 0.479 e. The Bertz CT molecular complexity index is 476. The second kappa shape index (κ2) is 6.49. The van der Waals surface area contributed by atoms with Gasteiger partial charge in [-0.1, -0.05) is 30.3 Å². The van der Waals surface area contributed by atoms with Gasteiger partial charge in [-0.15, -0.1) is 0 Å².